The molecule has 0 radical (unpaired) electrons. The number of hydrogen-bond acceptors (Lipinski definition) is 4. The Morgan fingerprint density at radius 3 is 3.04 bits per heavy atom. The van der Waals surface area contributed by atoms with Gasteiger partial charge < -0.3 is 4.74 Å². The number of carbonyl (C=O) groups excluding carboxylic acids is 1. The molecule has 1 aromatic carbocycles. The lowest BCUT2D eigenvalue weighted by Gasteiger charge is -2.32. The van der Waals surface area contributed by atoms with Gasteiger partial charge >= 0.3 is 0 Å². The minimum absolute atomic E-state index is 0.119. The molecule has 0 fully saturated rings. The van der Waals surface area contributed by atoms with Crippen molar-refractivity contribution in [3.63, 3.8) is 0 Å². The molecule has 1 atom stereocenters. The molecule has 1 aliphatic rings. The van der Waals surface area contributed by atoms with E-state index in [4.69, 9.17) is 4.74 Å². The molecule has 4 rings (SSSR count). The van der Waals surface area contributed by atoms with Crippen molar-refractivity contribution in [2.45, 2.75) is 13.0 Å². The highest BCUT2D eigenvalue weighted by Crippen LogP contribution is 2.31. The van der Waals surface area contributed by atoms with Crippen LogP contribution in [0.15, 0.2) is 59.5 Å². The van der Waals surface area contributed by atoms with Crippen LogP contribution in [0, 0.1) is 0 Å². The van der Waals surface area contributed by atoms with Crippen molar-refractivity contribution >= 4 is 27.5 Å². The van der Waals surface area contributed by atoms with Crippen LogP contribution in [0.2, 0.25) is 0 Å². The van der Waals surface area contributed by atoms with E-state index in [2.05, 4.69) is 26.0 Å². The molecule has 0 spiro atoms. The number of nitrogens with zero attached hydrogens (tertiary/aromatic N) is 4. The van der Waals surface area contributed by atoms with E-state index < -0.39 is 0 Å². The van der Waals surface area contributed by atoms with Crippen molar-refractivity contribution < 1.29 is 9.53 Å². The molecule has 2 aromatic heterocycles. The number of rotatable bonds is 2. The van der Waals surface area contributed by atoms with E-state index in [-0.39, 0.29) is 12.0 Å². The van der Waals surface area contributed by atoms with Crippen LogP contribution in [0.1, 0.15) is 17.3 Å². The Kier molecular flexibility index (Phi) is 4.01. The third kappa shape index (κ3) is 3.02. The van der Waals surface area contributed by atoms with Crippen molar-refractivity contribution in [2.75, 3.05) is 11.4 Å². The standard InChI is InChI=1S/C18H15BrN4O2/c1-12-10-22(16-6-3-7-20-17(16)25-12)18(24)13-9-21-23(11-13)15-5-2-4-14(19)8-15/h2-9,11-12H,10H2,1H3/t12-/m0/s1. The van der Waals surface area contributed by atoms with Crippen molar-refractivity contribution in [1.29, 1.82) is 0 Å². The highest BCUT2D eigenvalue weighted by molar-refractivity contribution is 9.10. The zero-order chi connectivity index (χ0) is 17.4. The van der Waals surface area contributed by atoms with E-state index in [0.29, 0.717) is 23.7 Å². The molecule has 0 saturated carbocycles. The van der Waals surface area contributed by atoms with E-state index in [1.54, 1.807) is 34.2 Å². The Balaban J connectivity index is 1.66. The van der Waals surface area contributed by atoms with Gasteiger partial charge in [0.2, 0.25) is 5.88 Å². The molecular formula is C18H15BrN4O2. The van der Waals surface area contributed by atoms with Crippen LogP contribution in [0.4, 0.5) is 5.69 Å². The molecular weight excluding hydrogens is 384 g/mol. The maximum Gasteiger partial charge on any atom is 0.261 e. The van der Waals surface area contributed by atoms with Gasteiger partial charge in [0.05, 0.1) is 24.0 Å². The number of anilines is 1. The highest BCUT2D eigenvalue weighted by Gasteiger charge is 2.29. The first-order valence-corrected chi connectivity index (χ1v) is 8.65. The Hall–Kier alpha value is -2.67. The zero-order valence-electron chi connectivity index (χ0n) is 13.5. The van der Waals surface area contributed by atoms with Gasteiger partial charge in [-0.05, 0) is 37.3 Å². The average molecular weight is 399 g/mol. The second-order valence-corrected chi connectivity index (χ2v) is 6.74. The van der Waals surface area contributed by atoms with Gasteiger partial charge in [-0.3, -0.25) is 9.69 Å². The summed E-state index contributed by atoms with van der Waals surface area (Å²) in [6.07, 6.45) is 4.86. The van der Waals surface area contributed by atoms with Gasteiger partial charge in [0.15, 0.2) is 0 Å². The largest absolute Gasteiger partial charge is 0.471 e. The van der Waals surface area contributed by atoms with Gasteiger partial charge in [0.25, 0.3) is 5.91 Å². The Labute approximate surface area is 153 Å². The fourth-order valence-corrected chi connectivity index (χ4v) is 3.19. The number of benzene rings is 1. The highest BCUT2D eigenvalue weighted by atomic mass is 79.9. The minimum atomic E-state index is -0.120. The number of carbonyl (C=O) groups is 1. The van der Waals surface area contributed by atoms with Crippen LogP contribution in [-0.4, -0.2) is 33.3 Å². The number of halogens is 1. The van der Waals surface area contributed by atoms with E-state index in [0.717, 1.165) is 10.2 Å². The molecule has 0 unspecified atom stereocenters. The molecule has 25 heavy (non-hydrogen) atoms. The first-order valence-electron chi connectivity index (χ1n) is 7.86. The third-order valence-corrected chi connectivity index (χ3v) is 4.44. The summed E-state index contributed by atoms with van der Waals surface area (Å²) in [6, 6.07) is 11.4. The van der Waals surface area contributed by atoms with E-state index in [9.17, 15) is 4.79 Å². The van der Waals surface area contributed by atoms with Gasteiger partial charge in [-0.2, -0.15) is 5.10 Å². The summed E-state index contributed by atoms with van der Waals surface area (Å²) in [6.45, 7) is 2.39. The summed E-state index contributed by atoms with van der Waals surface area (Å²) in [5, 5.41) is 4.32. The van der Waals surface area contributed by atoms with E-state index in [1.807, 2.05) is 37.3 Å². The topological polar surface area (TPSA) is 60.2 Å². The fraction of sp³-hybridized carbons (Fsp3) is 0.167. The molecule has 0 saturated heterocycles. The molecule has 7 heteroatoms. The summed E-state index contributed by atoms with van der Waals surface area (Å²) in [7, 11) is 0. The molecule has 1 aliphatic heterocycles. The van der Waals surface area contributed by atoms with Crippen molar-refractivity contribution in [3.8, 4) is 11.6 Å². The van der Waals surface area contributed by atoms with Gasteiger partial charge in [0.1, 0.15) is 11.8 Å². The van der Waals surface area contributed by atoms with Crippen LogP contribution in [0.25, 0.3) is 5.69 Å². The summed E-state index contributed by atoms with van der Waals surface area (Å²) in [5.41, 5.74) is 2.08. The monoisotopic (exact) mass is 398 g/mol. The first-order chi connectivity index (χ1) is 12.1. The van der Waals surface area contributed by atoms with Crippen LogP contribution >= 0.6 is 15.9 Å². The molecule has 3 aromatic rings. The molecule has 3 heterocycles. The number of hydrogen-bond donors (Lipinski definition) is 0. The third-order valence-electron chi connectivity index (χ3n) is 3.94. The Morgan fingerprint density at radius 1 is 1.32 bits per heavy atom. The van der Waals surface area contributed by atoms with Gasteiger partial charge in [-0.1, -0.05) is 22.0 Å². The maximum atomic E-state index is 13.0. The normalized spacial score (nSPS) is 16.2. The smallest absolute Gasteiger partial charge is 0.261 e. The molecule has 6 nitrogen and oxygen atoms in total. The second kappa shape index (κ2) is 6.33. The second-order valence-electron chi connectivity index (χ2n) is 5.83. The number of aromatic nitrogens is 3. The summed E-state index contributed by atoms with van der Waals surface area (Å²) < 4.78 is 8.35. The molecule has 126 valence electrons. The van der Waals surface area contributed by atoms with E-state index >= 15 is 0 Å². The van der Waals surface area contributed by atoms with Crippen LogP contribution in [-0.2, 0) is 0 Å². The predicted molar refractivity (Wildman–Crippen MR) is 97.3 cm³/mol. The van der Waals surface area contributed by atoms with Crippen molar-refractivity contribution in [2.24, 2.45) is 0 Å². The molecule has 0 aliphatic carbocycles. The van der Waals surface area contributed by atoms with Crippen molar-refractivity contribution in [1.82, 2.24) is 14.8 Å². The number of fused-ring (bicyclic) bond motifs is 1. The lowest BCUT2D eigenvalue weighted by Crippen LogP contribution is -2.42. The van der Waals surface area contributed by atoms with Crippen LogP contribution in [0.3, 0.4) is 0 Å². The average Bonchev–Trinajstić information content (AvgIpc) is 3.10. The molecule has 1 amide bonds. The number of amides is 1. The zero-order valence-corrected chi connectivity index (χ0v) is 15.0. The van der Waals surface area contributed by atoms with E-state index in [1.165, 1.54) is 0 Å². The van der Waals surface area contributed by atoms with Crippen LogP contribution < -0.4 is 9.64 Å². The summed E-state index contributed by atoms with van der Waals surface area (Å²) in [5.74, 6) is 0.361. The summed E-state index contributed by atoms with van der Waals surface area (Å²) in [4.78, 5) is 18.9. The predicted octanol–water partition coefficient (Wildman–Crippen LogP) is 3.46. The van der Waals surface area contributed by atoms with Gasteiger partial charge in [-0.15, -0.1) is 0 Å². The quantitative estimate of drug-likeness (QED) is 0.662. The SMILES string of the molecule is C[C@H]1CN(C(=O)c2cnn(-c3cccc(Br)c3)c2)c2cccnc2O1. The van der Waals surface area contributed by atoms with Gasteiger partial charge in [0, 0.05) is 16.9 Å². The molecule has 0 bridgehead atoms. The summed E-state index contributed by atoms with van der Waals surface area (Å²) >= 11 is 3.45. The van der Waals surface area contributed by atoms with Crippen LogP contribution in [0.5, 0.6) is 5.88 Å². The Bertz CT molecular complexity index is 940. The number of ether oxygens (including phenoxy) is 1. The van der Waals surface area contributed by atoms with Crippen molar-refractivity contribution in [3.05, 3.63) is 65.0 Å². The van der Waals surface area contributed by atoms with Gasteiger partial charge in [-0.25, -0.2) is 9.67 Å². The molecule has 0 N–H and O–H groups in total. The Morgan fingerprint density at radius 2 is 2.20 bits per heavy atom. The maximum absolute atomic E-state index is 13.0. The minimum Gasteiger partial charge on any atom is -0.471 e. The first kappa shape index (κ1) is 15.8. The fourth-order valence-electron chi connectivity index (χ4n) is 2.80. The lowest BCUT2D eigenvalue weighted by molar-refractivity contribution is 0.0958. The lowest BCUT2D eigenvalue weighted by atomic mass is 10.2. The number of pyridine rings is 1.